The summed E-state index contributed by atoms with van der Waals surface area (Å²) in [6, 6.07) is 0. The van der Waals surface area contributed by atoms with Crippen LogP contribution in [0, 0.1) is 5.92 Å². The fourth-order valence-corrected chi connectivity index (χ4v) is 4.42. The molecule has 0 fully saturated rings. The van der Waals surface area contributed by atoms with Crippen molar-refractivity contribution in [2.45, 2.75) is 182 Å². The standard InChI is InChI=1S/C29H60O.C4H10O/c1-4-6-7-8-9-10-11-12-13-14-15-16-17-18-19-20-21-22-23-24-25-26-27-30-28-29(3)5-2;1-3-5-4-2/h29H,4-28H2,1-3H3;3-4H2,1-2H3. The summed E-state index contributed by atoms with van der Waals surface area (Å²) in [4.78, 5) is 0. The molecule has 0 amide bonds. The fraction of sp³-hybridized carbons (Fsp3) is 1.00. The van der Waals surface area contributed by atoms with Crippen molar-refractivity contribution >= 4 is 0 Å². The topological polar surface area (TPSA) is 18.5 Å². The van der Waals surface area contributed by atoms with E-state index < -0.39 is 0 Å². The van der Waals surface area contributed by atoms with Crippen molar-refractivity contribution in [3.63, 3.8) is 0 Å². The maximum atomic E-state index is 5.73. The highest BCUT2D eigenvalue weighted by molar-refractivity contribution is 4.52. The van der Waals surface area contributed by atoms with Gasteiger partial charge in [-0.3, -0.25) is 0 Å². The van der Waals surface area contributed by atoms with Gasteiger partial charge < -0.3 is 9.47 Å². The van der Waals surface area contributed by atoms with Crippen molar-refractivity contribution in [2.24, 2.45) is 5.92 Å². The molecule has 0 saturated carbocycles. The Labute approximate surface area is 224 Å². The van der Waals surface area contributed by atoms with E-state index in [2.05, 4.69) is 20.8 Å². The van der Waals surface area contributed by atoms with Crippen molar-refractivity contribution in [1.29, 1.82) is 0 Å². The van der Waals surface area contributed by atoms with E-state index in [0.717, 1.165) is 32.3 Å². The number of rotatable bonds is 28. The minimum Gasteiger partial charge on any atom is -0.382 e. The third kappa shape index (κ3) is 38.6. The number of ether oxygens (including phenoxy) is 2. The summed E-state index contributed by atoms with van der Waals surface area (Å²) in [7, 11) is 0. The Hall–Kier alpha value is -0.0800. The first kappa shape index (κ1) is 37.1. The third-order valence-corrected chi connectivity index (χ3v) is 7.15. The largest absolute Gasteiger partial charge is 0.382 e. The lowest BCUT2D eigenvalue weighted by molar-refractivity contribution is 0.100. The van der Waals surface area contributed by atoms with Gasteiger partial charge in [0.25, 0.3) is 0 Å². The second-order valence-electron chi connectivity index (χ2n) is 10.8. The van der Waals surface area contributed by atoms with Gasteiger partial charge in [-0.25, -0.2) is 0 Å². The molecule has 1 unspecified atom stereocenters. The molecule has 0 aliphatic rings. The van der Waals surface area contributed by atoms with Crippen LogP contribution < -0.4 is 0 Å². The van der Waals surface area contributed by atoms with E-state index >= 15 is 0 Å². The van der Waals surface area contributed by atoms with Gasteiger partial charge in [-0.05, 0) is 26.2 Å². The van der Waals surface area contributed by atoms with Gasteiger partial charge in [-0.2, -0.15) is 0 Å². The summed E-state index contributed by atoms with van der Waals surface area (Å²) in [6.45, 7) is 14.4. The van der Waals surface area contributed by atoms with E-state index in [1.165, 1.54) is 148 Å². The van der Waals surface area contributed by atoms with Gasteiger partial charge >= 0.3 is 0 Å². The summed E-state index contributed by atoms with van der Waals surface area (Å²) < 4.78 is 10.6. The minimum absolute atomic E-state index is 0.727. The van der Waals surface area contributed by atoms with Crippen LogP contribution in [0.15, 0.2) is 0 Å². The Kier molecular flexibility index (Phi) is 38.2. The first-order valence-electron chi connectivity index (χ1n) is 16.4. The molecule has 0 rings (SSSR count). The smallest absolute Gasteiger partial charge is 0.0491 e. The highest BCUT2D eigenvalue weighted by Crippen LogP contribution is 2.15. The molecule has 35 heavy (non-hydrogen) atoms. The van der Waals surface area contributed by atoms with Gasteiger partial charge in [-0.15, -0.1) is 0 Å². The van der Waals surface area contributed by atoms with E-state index in [9.17, 15) is 0 Å². The molecule has 0 radical (unpaired) electrons. The van der Waals surface area contributed by atoms with E-state index in [1.807, 2.05) is 13.8 Å². The lowest BCUT2D eigenvalue weighted by Crippen LogP contribution is -2.05. The zero-order valence-electron chi connectivity index (χ0n) is 25.5. The molecule has 0 saturated heterocycles. The van der Waals surface area contributed by atoms with E-state index in [4.69, 9.17) is 9.47 Å². The van der Waals surface area contributed by atoms with E-state index in [-0.39, 0.29) is 0 Å². The Morgan fingerprint density at radius 1 is 0.400 bits per heavy atom. The van der Waals surface area contributed by atoms with Gasteiger partial charge in [0.1, 0.15) is 0 Å². The number of unbranched alkanes of at least 4 members (excludes halogenated alkanes) is 21. The van der Waals surface area contributed by atoms with E-state index in [1.54, 1.807) is 0 Å². The quantitative estimate of drug-likeness (QED) is 0.0998. The predicted molar refractivity (Wildman–Crippen MR) is 160 cm³/mol. The lowest BCUT2D eigenvalue weighted by atomic mass is 10.0. The van der Waals surface area contributed by atoms with Crippen LogP contribution in [0.2, 0.25) is 0 Å². The molecule has 0 N–H and O–H groups in total. The zero-order chi connectivity index (χ0) is 26.1. The van der Waals surface area contributed by atoms with Crippen LogP contribution in [0.1, 0.15) is 182 Å². The van der Waals surface area contributed by atoms with Crippen molar-refractivity contribution in [3.05, 3.63) is 0 Å². The van der Waals surface area contributed by atoms with Crippen molar-refractivity contribution in [2.75, 3.05) is 26.4 Å². The van der Waals surface area contributed by atoms with Gasteiger partial charge in [-0.1, -0.05) is 162 Å². The predicted octanol–water partition coefficient (Wildman–Crippen LogP) is 11.7. The van der Waals surface area contributed by atoms with Crippen LogP contribution in [0.3, 0.4) is 0 Å². The molecule has 2 nitrogen and oxygen atoms in total. The third-order valence-electron chi connectivity index (χ3n) is 7.15. The Balaban J connectivity index is 0. The summed E-state index contributed by atoms with van der Waals surface area (Å²) in [5.41, 5.74) is 0. The Morgan fingerprint density at radius 2 is 0.714 bits per heavy atom. The van der Waals surface area contributed by atoms with Gasteiger partial charge in [0.2, 0.25) is 0 Å². The minimum atomic E-state index is 0.727. The second kappa shape index (κ2) is 36.1. The Morgan fingerprint density at radius 3 is 0.971 bits per heavy atom. The molecule has 0 aliphatic carbocycles. The second-order valence-corrected chi connectivity index (χ2v) is 10.8. The van der Waals surface area contributed by atoms with Crippen LogP contribution in [0.5, 0.6) is 0 Å². The monoisotopic (exact) mass is 499 g/mol. The van der Waals surface area contributed by atoms with Crippen molar-refractivity contribution in [3.8, 4) is 0 Å². The summed E-state index contributed by atoms with van der Waals surface area (Å²) >= 11 is 0. The molecule has 214 valence electrons. The van der Waals surface area contributed by atoms with Gasteiger partial charge in [0.05, 0.1) is 0 Å². The van der Waals surface area contributed by atoms with Gasteiger partial charge in [0.15, 0.2) is 0 Å². The average Bonchev–Trinajstić information content (AvgIpc) is 2.87. The fourth-order valence-electron chi connectivity index (χ4n) is 4.42. The highest BCUT2D eigenvalue weighted by Gasteiger charge is 1.98. The van der Waals surface area contributed by atoms with Crippen LogP contribution in [0.4, 0.5) is 0 Å². The van der Waals surface area contributed by atoms with Crippen molar-refractivity contribution < 1.29 is 9.47 Å². The number of hydrogen-bond donors (Lipinski definition) is 0. The molecule has 0 bridgehead atoms. The normalized spacial score (nSPS) is 11.9. The molecule has 0 heterocycles. The van der Waals surface area contributed by atoms with E-state index in [0.29, 0.717) is 0 Å². The highest BCUT2D eigenvalue weighted by atomic mass is 16.5. The first-order valence-corrected chi connectivity index (χ1v) is 16.4. The first-order chi connectivity index (χ1) is 17.2. The maximum absolute atomic E-state index is 5.73. The summed E-state index contributed by atoms with van der Waals surface area (Å²) in [5, 5.41) is 0. The molecule has 0 spiro atoms. The molecule has 1 atom stereocenters. The van der Waals surface area contributed by atoms with Crippen molar-refractivity contribution in [1.82, 2.24) is 0 Å². The molecule has 0 aromatic carbocycles. The molecular weight excluding hydrogens is 428 g/mol. The molecule has 0 aromatic heterocycles. The molecule has 0 aliphatic heterocycles. The summed E-state index contributed by atoms with van der Waals surface area (Å²) in [6.07, 6.45) is 33.1. The van der Waals surface area contributed by atoms with Crippen LogP contribution >= 0.6 is 0 Å². The van der Waals surface area contributed by atoms with Gasteiger partial charge in [0, 0.05) is 26.4 Å². The van der Waals surface area contributed by atoms with Crippen LogP contribution in [-0.2, 0) is 9.47 Å². The van der Waals surface area contributed by atoms with Crippen LogP contribution in [-0.4, -0.2) is 26.4 Å². The SMILES string of the molecule is CCCCCCCCCCCCCCCCCCCCCCCCOCC(C)CC.CCOCC. The zero-order valence-corrected chi connectivity index (χ0v) is 25.5. The molecular formula is C33H70O2. The average molecular weight is 499 g/mol. The molecule has 2 heteroatoms. The lowest BCUT2D eigenvalue weighted by Gasteiger charge is -2.09. The molecule has 0 aromatic rings. The maximum Gasteiger partial charge on any atom is 0.0491 e. The number of hydrogen-bond acceptors (Lipinski definition) is 2. The Bertz CT molecular complexity index is 329. The summed E-state index contributed by atoms with van der Waals surface area (Å²) in [5.74, 6) is 0.727. The van der Waals surface area contributed by atoms with Crippen LogP contribution in [0.25, 0.3) is 0 Å².